The highest BCUT2D eigenvalue weighted by Crippen LogP contribution is 2.35. The smallest absolute Gasteiger partial charge is 0.249 e. The molecule has 0 aromatic heterocycles. The summed E-state index contributed by atoms with van der Waals surface area (Å²) in [5, 5.41) is 3.31. The average Bonchev–Trinajstić information content (AvgIpc) is 2.32. The summed E-state index contributed by atoms with van der Waals surface area (Å²) in [6.07, 6.45) is 0.809. The van der Waals surface area contributed by atoms with Crippen LogP contribution in [0.5, 0.6) is 0 Å². The number of fused-ring (bicyclic) bond motifs is 1. The van der Waals surface area contributed by atoms with Gasteiger partial charge < -0.3 is 10.2 Å². The number of nitrogens with one attached hydrogen (secondary N) is 1. The summed E-state index contributed by atoms with van der Waals surface area (Å²) in [5.41, 5.74) is 3.38. The third-order valence-electron chi connectivity index (χ3n) is 3.59. The van der Waals surface area contributed by atoms with E-state index < -0.39 is 0 Å². The summed E-state index contributed by atoms with van der Waals surface area (Å²) in [5.74, 6) is 0.149. The van der Waals surface area contributed by atoms with Gasteiger partial charge in [0.2, 0.25) is 5.91 Å². The molecular formula is C15H22N2O. The van der Waals surface area contributed by atoms with Crippen LogP contribution in [0.2, 0.25) is 0 Å². The molecule has 1 atom stereocenters. The van der Waals surface area contributed by atoms with Crippen LogP contribution in [-0.4, -0.2) is 19.0 Å². The minimum absolute atomic E-state index is 0.0945. The second-order valence-electron chi connectivity index (χ2n) is 5.98. The Morgan fingerprint density at radius 2 is 2.00 bits per heavy atom. The molecule has 2 rings (SSSR count). The summed E-state index contributed by atoms with van der Waals surface area (Å²) in [4.78, 5) is 13.9. The van der Waals surface area contributed by atoms with Crippen LogP contribution in [0, 0.1) is 0 Å². The zero-order chi connectivity index (χ0) is 13.5. The van der Waals surface area contributed by atoms with Gasteiger partial charge in [-0.3, -0.25) is 4.79 Å². The van der Waals surface area contributed by atoms with Crippen LogP contribution >= 0.6 is 0 Å². The molecule has 0 fully saturated rings. The third-order valence-corrected chi connectivity index (χ3v) is 3.59. The maximum absolute atomic E-state index is 12.1. The predicted octanol–water partition coefficient (Wildman–Crippen LogP) is 3.15. The second-order valence-corrected chi connectivity index (χ2v) is 5.98. The molecule has 1 heterocycles. The molecule has 1 unspecified atom stereocenters. The molecule has 1 amide bonds. The van der Waals surface area contributed by atoms with Crippen molar-refractivity contribution >= 4 is 17.3 Å². The lowest BCUT2D eigenvalue weighted by atomic mass is 9.86. The van der Waals surface area contributed by atoms with Crippen LogP contribution in [0.4, 0.5) is 11.4 Å². The van der Waals surface area contributed by atoms with Crippen molar-refractivity contribution in [2.24, 2.45) is 0 Å². The van der Waals surface area contributed by atoms with E-state index in [-0.39, 0.29) is 17.4 Å². The Bertz CT molecular complexity index is 474. The van der Waals surface area contributed by atoms with Crippen molar-refractivity contribution in [3.05, 3.63) is 23.8 Å². The molecule has 0 aliphatic carbocycles. The van der Waals surface area contributed by atoms with Crippen LogP contribution in [0.15, 0.2) is 18.2 Å². The fourth-order valence-corrected chi connectivity index (χ4v) is 2.28. The summed E-state index contributed by atoms with van der Waals surface area (Å²) in [6.45, 7) is 8.57. The Labute approximate surface area is 109 Å². The van der Waals surface area contributed by atoms with E-state index >= 15 is 0 Å². The molecule has 0 bridgehead atoms. The highest BCUT2D eigenvalue weighted by Gasteiger charge is 2.29. The molecule has 0 saturated heterocycles. The molecule has 0 saturated carbocycles. The maximum Gasteiger partial charge on any atom is 0.249 e. The molecule has 0 spiro atoms. The van der Waals surface area contributed by atoms with Gasteiger partial charge >= 0.3 is 0 Å². The van der Waals surface area contributed by atoms with Crippen LogP contribution in [0.1, 0.15) is 39.7 Å². The number of rotatable bonds is 1. The lowest BCUT2D eigenvalue weighted by Gasteiger charge is -2.34. The third kappa shape index (κ3) is 2.09. The summed E-state index contributed by atoms with van der Waals surface area (Å²) < 4.78 is 0. The number of carbonyl (C=O) groups excluding carboxylic acids is 1. The molecule has 1 aliphatic rings. The van der Waals surface area contributed by atoms with Gasteiger partial charge in [0.05, 0.1) is 11.4 Å². The first-order chi connectivity index (χ1) is 8.34. The Kier molecular flexibility index (Phi) is 3.09. The number of nitrogens with zero attached hydrogens (tertiary/aromatic N) is 1. The van der Waals surface area contributed by atoms with Gasteiger partial charge in [-0.05, 0) is 29.5 Å². The molecule has 1 aromatic carbocycles. The van der Waals surface area contributed by atoms with Gasteiger partial charge in [0.1, 0.15) is 6.04 Å². The Morgan fingerprint density at radius 3 is 2.56 bits per heavy atom. The second kappa shape index (κ2) is 4.30. The van der Waals surface area contributed by atoms with E-state index in [2.05, 4.69) is 44.3 Å². The van der Waals surface area contributed by atoms with E-state index in [0.29, 0.717) is 0 Å². The molecular weight excluding hydrogens is 224 g/mol. The van der Waals surface area contributed by atoms with Gasteiger partial charge in [-0.1, -0.05) is 33.8 Å². The van der Waals surface area contributed by atoms with Crippen molar-refractivity contribution in [2.45, 2.75) is 45.6 Å². The molecule has 1 aliphatic heterocycles. The summed E-state index contributed by atoms with van der Waals surface area (Å²) in [6, 6.07) is 6.25. The van der Waals surface area contributed by atoms with Crippen molar-refractivity contribution in [3.63, 3.8) is 0 Å². The zero-order valence-corrected chi connectivity index (χ0v) is 11.9. The lowest BCUT2D eigenvalue weighted by molar-refractivity contribution is -0.119. The van der Waals surface area contributed by atoms with Crippen molar-refractivity contribution in [1.82, 2.24) is 0 Å². The molecule has 98 valence electrons. The quantitative estimate of drug-likeness (QED) is 0.825. The number of carbonyl (C=O) groups is 1. The molecule has 18 heavy (non-hydrogen) atoms. The monoisotopic (exact) mass is 246 g/mol. The van der Waals surface area contributed by atoms with E-state index in [4.69, 9.17) is 0 Å². The average molecular weight is 246 g/mol. The fourth-order valence-electron chi connectivity index (χ4n) is 2.28. The van der Waals surface area contributed by atoms with Crippen LogP contribution in [0.25, 0.3) is 0 Å². The SMILES string of the molecule is CCC1Nc2ccc(C(C)(C)C)cc2N(C)C1=O. The Hall–Kier alpha value is -1.51. The van der Waals surface area contributed by atoms with Gasteiger partial charge in [-0.2, -0.15) is 0 Å². The molecule has 1 aromatic rings. The van der Waals surface area contributed by atoms with Gasteiger partial charge in [0, 0.05) is 7.05 Å². The molecule has 0 radical (unpaired) electrons. The van der Waals surface area contributed by atoms with Crippen molar-refractivity contribution in [1.29, 1.82) is 0 Å². The summed E-state index contributed by atoms with van der Waals surface area (Å²) >= 11 is 0. The zero-order valence-electron chi connectivity index (χ0n) is 11.9. The predicted molar refractivity (Wildman–Crippen MR) is 76.3 cm³/mol. The van der Waals surface area contributed by atoms with Gasteiger partial charge in [0.25, 0.3) is 0 Å². The lowest BCUT2D eigenvalue weighted by Crippen LogP contribution is -2.44. The van der Waals surface area contributed by atoms with Crippen LogP contribution in [-0.2, 0) is 10.2 Å². The van der Waals surface area contributed by atoms with E-state index in [1.54, 1.807) is 4.90 Å². The minimum atomic E-state index is -0.0945. The summed E-state index contributed by atoms with van der Waals surface area (Å²) in [7, 11) is 1.86. The first-order valence-electron chi connectivity index (χ1n) is 6.53. The van der Waals surface area contributed by atoms with Crippen LogP contribution < -0.4 is 10.2 Å². The van der Waals surface area contributed by atoms with Crippen molar-refractivity contribution in [2.75, 3.05) is 17.3 Å². The molecule has 3 nitrogen and oxygen atoms in total. The first kappa shape index (κ1) is 12.9. The maximum atomic E-state index is 12.1. The van der Waals surface area contributed by atoms with Gasteiger partial charge in [-0.15, -0.1) is 0 Å². The van der Waals surface area contributed by atoms with Crippen molar-refractivity contribution < 1.29 is 4.79 Å². The van der Waals surface area contributed by atoms with Crippen LogP contribution in [0.3, 0.4) is 0 Å². The largest absolute Gasteiger partial charge is 0.372 e. The number of anilines is 2. The molecule has 3 heteroatoms. The number of likely N-dealkylation sites (N-methyl/N-ethyl adjacent to an activating group) is 1. The number of amides is 1. The standard InChI is InChI=1S/C15H22N2O/c1-6-11-14(18)17(5)13-9-10(15(2,3)4)7-8-12(13)16-11/h7-9,11,16H,6H2,1-5H3. The normalized spacial score (nSPS) is 19.5. The topological polar surface area (TPSA) is 32.3 Å². The van der Waals surface area contributed by atoms with Crippen molar-refractivity contribution in [3.8, 4) is 0 Å². The van der Waals surface area contributed by atoms with E-state index in [1.165, 1.54) is 5.56 Å². The molecule has 1 N–H and O–H groups in total. The Balaban J connectivity index is 2.46. The van der Waals surface area contributed by atoms with E-state index in [1.807, 2.05) is 14.0 Å². The van der Waals surface area contributed by atoms with E-state index in [0.717, 1.165) is 17.8 Å². The number of benzene rings is 1. The Morgan fingerprint density at radius 1 is 1.33 bits per heavy atom. The highest BCUT2D eigenvalue weighted by atomic mass is 16.2. The fraction of sp³-hybridized carbons (Fsp3) is 0.533. The van der Waals surface area contributed by atoms with Gasteiger partial charge in [-0.25, -0.2) is 0 Å². The first-order valence-corrected chi connectivity index (χ1v) is 6.53. The van der Waals surface area contributed by atoms with Gasteiger partial charge in [0.15, 0.2) is 0 Å². The van der Waals surface area contributed by atoms with E-state index in [9.17, 15) is 4.79 Å². The number of hydrogen-bond acceptors (Lipinski definition) is 2. The number of hydrogen-bond donors (Lipinski definition) is 1. The minimum Gasteiger partial charge on any atom is -0.372 e. The highest BCUT2D eigenvalue weighted by molar-refractivity contribution is 6.04.